The van der Waals surface area contributed by atoms with Crippen molar-refractivity contribution in [3.8, 4) is 0 Å². The Morgan fingerprint density at radius 3 is 1.70 bits per heavy atom. The Labute approximate surface area is 193 Å². The van der Waals surface area contributed by atoms with Gasteiger partial charge in [-0.25, -0.2) is 8.42 Å². The van der Waals surface area contributed by atoms with Gasteiger partial charge in [0, 0.05) is 13.0 Å². The molecule has 178 valence electrons. The Bertz CT molecular complexity index is 1060. The number of methoxy groups -OCH3 is 2. The highest BCUT2D eigenvalue weighted by Crippen LogP contribution is 2.25. The molecule has 0 saturated carbocycles. The van der Waals surface area contributed by atoms with Gasteiger partial charge in [-0.1, -0.05) is 35.4 Å². The van der Waals surface area contributed by atoms with E-state index in [1.807, 2.05) is 13.8 Å². The molecular weight excluding hydrogens is 448 g/mol. The van der Waals surface area contributed by atoms with Gasteiger partial charge in [0.2, 0.25) is 5.91 Å². The van der Waals surface area contributed by atoms with Crippen molar-refractivity contribution in [2.75, 3.05) is 38.2 Å². The zero-order valence-corrected chi connectivity index (χ0v) is 19.9. The summed E-state index contributed by atoms with van der Waals surface area (Å²) in [4.78, 5) is 37.3. The maximum absolute atomic E-state index is 13.4. The third-order valence-corrected chi connectivity index (χ3v) is 6.75. The number of benzene rings is 2. The van der Waals surface area contributed by atoms with E-state index in [-0.39, 0.29) is 17.9 Å². The minimum absolute atomic E-state index is 0.0853. The van der Waals surface area contributed by atoms with Crippen LogP contribution in [0.15, 0.2) is 53.4 Å². The van der Waals surface area contributed by atoms with E-state index in [1.54, 1.807) is 36.4 Å². The number of esters is 2. The zero-order chi connectivity index (χ0) is 24.6. The Balaban J connectivity index is 2.33. The molecule has 0 aliphatic rings. The van der Waals surface area contributed by atoms with Gasteiger partial charge in [-0.05, 0) is 38.1 Å². The molecule has 2 aromatic carbocycles. The van der Waals surface area contributed by atoms with Crippen LogP contribution in [-0.2, 0) is 33.9 Å². The molecule has 0 fully saturated rings. The molecule has 0 heterocycles. The van der Waals surface area contributed by atoms with Gasteiger partial charge in [-0.15, -0.1) is 0 Å². The number of anilines is 1. The number of ether oxygens (including phenoxy) is 2. The average molecular weight is 477 g/mol. The Morgan fingerprint density at radius 1 is 0.788 bits per heavy atom. The van der Waals surface area contributed by atoms with Crippen molar-refractivity contribution >= 4 is 33.6 Å². The molecule has 0 aliphatic carbocycles. The van der Waals surface area contributed by atoms with Crippen LogP contribution in [0.4, 0.5) is 5.69 Å². The molecule has 2 rings (SSSR count). The molecule has 0 spiro atoms. The van der Waals surface area contributed by atoms with Gasteiger partial charge < -0.3 is 14.4 Å². The van der Waals surface area contributed by atoms with E-state index >= 15 is 0 Å². The fraction of sp³-hybridized carbons (Fsp3) is 0.348. The lowest BCUT2D eigenvalue weighted by molar-refractivity contribution is -0.152. The van der Waals surface area contributed by atoms with Crippen LogP contribution in [0, 0.1) is 13.8 Å². The first-order valence-corrected chi connectivity index (χ1v) is 11.6. The molecule has 9 nitrogen and oxygen atoms in total. The van der Waals surface area contributed by atoms with E-state index in [4.69, 9.17) is 0 Å². The maximum Gasteiger partial charge on any atom is 0.325 e. The quantitative estimate of drug-likeness (QED) is 0.483. The number of rotatable bonds is 10. The van der Waals surface area contributed by atoms with Crippen molar-refractivity contribution in [1.82, 2.24) is 4.90 Å². The lowest BCUT2D eigenvalue weighted by Gasteiger charge is -2.26. The van der Waals surface area contributed by atoms with Gasteiger partial charge in [-0.2, -0.15) is 0 Å². The summed E-state index contributed by atoms with van der Waals surface area (Å²) in [6.07, 6.45) is -0.271. The zero-order valence-electron chi connectivity index (χ0n) is 19.1. The maximum atomic E-state index is 13.4. The fourth-order valence-electron chi connectivity index (χ4n) is 2.96. The summed E-state index contributed by atoms with van der Waals surface area (Å²) in [5.74, 6) is -2.02. The molecule has 0 aromatic heterocycles. The van der Waals surface area contributed by atoms with Gasteiger partial charge in [0.1, 0.15) is 13.1 Å². The summed E-state index contributed by atoms with van der Waals surface area (Å²) in [5.41, 5.74) is 2.25. The minimum atomic E-state index is -3.98. The number of amides is 1. The van der Waals surface area contributed by atoms with E-state index in [1.165, 1.54) is 12.1 Å². The molecule has 0 saturated heterocycles. The second-order valence-electron chi connectivity index (χ2n) is 7.38. The van der Waals surface area contributed by atoms with Crippen LogP contribution in [0.1, 0.15) is 17.5 Å². The fourth-order valence-corrected chi connectivity index (χ4v) is 4.43. The number of carbonyl (C=O) groups is 3. The van der Waals surface area contributed by atoms with E-state index < -0.39 is 41.0 Å². The standard InChI is InChI=1S/C23H28N2O7S/c1-17-5-9-19(10-6-17)25(33(29,30)20-11-7-18(2)8-12-20)14-13-21(26)24(15-22(27)31-3)16-23(28)32-4/h5-12H,13-16H2,1-4H3. The SMILES string of the molecule is COC(=O)CN(CC(=O)OC)C(=O)CCN(c1ccc(C)cc1)S(=O)(=O)c1ccc(C)cc1. The van der Waals surface area contributed by atoms with E-state index in [0.717, 1.165) is 34.6 Å². The number of nitrogens with zero attached hydrogens (tertiary/aromatic N) is 2. The summed E-state index contributed by atoms with van der Waals surface area (Å²) >= 11 is 0. The van der Waals surface area contributed by atoms with E-state index in [9.17, 15) is 22.8 Å². The second kappa shape index (κ2) is 11.5. The van der Waals surface area contributed by atoms with Gasteiger partial charge in [0.15, 0.2) is 0 Å². The lowest BCUT2D eigenvalue weighted by Crippen LogP contribution is -2.42. The summed E-state index contributed by atoms with van der Waals surface area (Å²) in [6.45, 7) is 2.62. The highest BCUT2D eigenvalue weighted by Gasteiger charge is 2.27. The van der Waals surface area contributed by atoms with Crippen LogP contribution >= 0.6 is 0 Å². The monoisotopic (exact) mass is 476 g/mol. The largest absolute Gasteiger partial charge is 0.468 e. The predicted molar refractivity (Wildman–Crippen MR) is 122 cm³/mol. The van der Waals surface area contributed by atoms with Crippen molar-refractivity contribution < 1.29 is 32.3 Å². The number of carbonyl (C=O) groups excluding carboxylic acids is 3. The van der Waals surface area contributed by atoms with Crippen LogP contribution in [0.25, 0.3) is 0 Å². The molecule has 10 heteroatoms. The van der Waals surface area contributed by atoms with Crippen LogP contribution < -0.4 is 4.31 Å². The molecule has 0 radical (unpaired) electrons. The first-order valence-electron chi connectivity index (χ1n) is 10.2. The lowest BCUT2D eigenvalue weighted by atomic mass is 10.2. The van der Waals surface area contributed by atoms with Crippen molar-refractivity contribution in [2.45, 2.75) is 25.2 Å². The predicted octanol–water partition coefficient (Wildman–Crippen LogP) is 2.06. The third-order valence-electron chi connectivity index (χ3n) is 4.91. The molecule has 0 N–H and O–H groups in total. The van der Waals surface area contributed by atoms with Gasteiger partial charge in [0.05, 0.1) is 24.8 Å². The van der Waals surface area contributed by atoms with Crippen LogP contribution in [0.2, 0.25) is 0 Å². The molecule has 33 heavy (non-hydrogen) atoms. The Morgan fingerprint density at radius 2 is 1.24 bits per heavy atom. The van der Waals surface area contributed by atoms with Crippen LogP contribution in [0.5, 0.6) is 0 Å². The number of hydrogen-bond donors (Lipinski definition) is 0. The average Bonchev–Trinajstić information content (AvgIpc) is 2.79. The number of aryl methyl sites for hydroxylation is 2. The van der Waals surface area contributed by atoms with E-state index in [2.05, 4.69) is 9.47 Å². The minimum Gasteiger partial charge on any atom is -0.468 e. The molecule has 0 aliphatic heterocycles. The first kappa shape index (κ1) is 25.9. The number of sulfonamides is 1. The van der Waals surface area contributed by atoms with Gasteiger partial charge in [0.25, 0.3) is 10.0 Å². The van der Waals surface area contributed by atoms with Crippen molar-refractivity contribution in [2.24, 2.45) is 0 Å². The summed E-state index contributed by atoms with van der Waals surface area (Å²) in [6, 6.07) is 13.3. The van der Waals surface area contributed by atoms with Crippen LogP contribution in [-0.4, -0.2) is 65.0 Å². The molecule has 0 bridgehead atoms. The van der Waals surface area contributed by atoms with Gasteiger partial charge >= 0.3 is 11.9 Å². The van der Waals surface area contributed by atoms with Crippen molar-refractivity contribution in [3.05, 3.63) is 59.7 Å². The first-order chi connectivity index (χ1) is 15.6. The number of hydrogen-bond acceptors (Lipinski definition) is 7. The highest BCUT2D eigenvalue weighted by atomic mass is 32.2. The second-order valence-corrected chi connectivity index (χ2v) is 9.24. The van der Waals surface area contributed by atoms with Crippen LogP contribution in [0.3, 0.4) is 0 Å². The Hall–Kier alpha value is -3.40. The normalized spacial score (nSPS) is 10.9. The summed E-state index contributed by atoms with van der Waals surface area (Å²) in [7, 11) is -1.65. The van der Waals surface area contributed by atoms with Gasteiger partial charge in [-0.3, -0.25) is 18.7 Å². The molecular formula is C23H28N2O7S. The molecule has 0 unspecified atom stereocenters. The summed E-state index contributed by atoms with van der Waals surface area (Å²) in [5, 5.41) is 0. The van der Waals surface area contributed by atoms with Crippen molar-refractivity contribution in [1.29, 1.82) is 0 Å². The smallest absolute Gasteiger partial charge is 0.325 e. The molecule has 2 aromatic rings. The molecule has 1 amide bonds. The van der Waals surface area contributed by atoms with Crippen molar-refractivity contribution in [3.63, 3.8) is 0 Å². The highest BCUT2D eigenvalue weighted by molar-refractivity contribution is 7.92. The Kier molecular flexibility index (Phi) is 8.98. The summed E-state index contributed by atoms with van der Waals surface area (Å²) < 4.78 is 37.1. The molecule has 0 atom stereocenters. The third kappa shape index (κ3) is 7.04. The topological polar surface area (TPSA) is 110 Å². The van der Waals surface area contributed by atoms with E-state index in [0.29, 0.717) is 5.69 Å².